The van der Waals surface area contributed by atoms with Crippen molar-refractivity contribution in [2.24, 2.45) is 0 Å². The average Bonchev–Trinajstić information content (AvgIpc) is 3.01. The molecule has 28 heavy (non-hydrogen) atoms. The highest BCUT2D eigenvalue weighted by Crippen LogP contribution is 2.19. The Labute approximate surface area is 164 Å². The number of benzene rings is 2. The van der Waals surface area contributed by atoms with Crippen LogP contribution in [-0.4, -0.2) is 41.5 Å². The highest BCUT2D eigenvalue weighted by molar-refractivity contribution is 5.95. The fraction of sp³-hybridized carbons (Fsp3) is 0.273. The van der Waals surface area contributed by atoms with Crippen molar-refractivity contribution in [1.82, 2.24) is 9.47 Å². The van der Waals surface area contributed by atoms with Crippen LogP contribution in [0.3, 0.4) is 0 Å². The second kappa shape index (κ2) is 8.61. The largest absolute Gasteiger partial charge is 0.497 e. The number of ether oxygens (including phenoxy) is 1. The van der Waals surface area contributed by atoms with Crippen LogP contribution in [0.25, 0.3) is 10.9 Å². The molecule has 0 aliphatic rings. The maximum atomic E-state index is 12.8. The monoisotopic (exact) mass is 379 g/mol. The van der Waals surface area contributed by atoms with Gasteiger partial charge in [-0.3, -0.25) is 9.59 Å². The van der Waals surface area contributed by atoms with Crippen molar-refractivity contribution in [2.75, 3.05) is 25.5 Å². The lowest BCUT2D eigenvalue weighted by atomic mass is 10.2. The van der Waals surface area contributed by atoms with Gasteiger partial charge in [0, 0.05) is 29.5 Å². The van der Waals surface area contributed by atoms with Gasteiger partial charge in [0.15, 0.2) is 0 Å². The number of carbonyl (C=O) groups excluding carboxylic acids is 2. The summed E-state index contributed by atoms with van der Waals surface area (Å²) in [6.45, 7) is 4.53. The molecule has 0 aliphatic heterocycles. The van der Waals surface area contributed by atoms with Gasteiger partial charge in [-0.1, -0.05) is 24.3 Å². The molecule has 2 amide bonds. The Kier molecular flexibility index (Phi) is 5.99. The van der Waals surface area contributed by atoms with Gasteiger partial charge in [0.05, 0.1) is 13.7 Å². The number of carbonyl (C=O) groups is 2. The molecule has 0 radical (unpaired) electrons. The molecule has 0 spiro atoms. The second-order valence-electron chi connectivity index (χ2n) is 6.62. The summed E-state index contributed by atoms with van der Waals surface area (Å²) in [4.78, 5) is 26.8. The summed E-state index contributed by atoms with van der Waals surface area (Å²) in [7, 11) is 1.57. The molecule has 0 atom stereocenters. The van der Waals surface area contributed by atoms with E-state index in [4.69, 9.17) is 4.74 Å². The van der Waals surface area contributed by atoms with Crippen LogP contribution in [0.2, 0.25) is 0 Å². The number of likely N-dealkylation sites (N-methyl/N-ethyl adjacent to an activating group) is 1. The Morgan fingerprint density at radius 3 is 2.64 bits per heavy atom. The predicted octanol–water partition coefficient (Wildman–Crippen LogP) is 3.45. The molecule has 0 bridgehead atoms. The molecule has 6 heteroatoms. The number of para-hydroxylation sites is 1. The Morgan fingerprint density at radius 1 is 1.11 bits per heavy atom. The summed E-state index contributed by atoms with van der Waals surface area (Å²) in [5.74, 6) is 0.335. The third-order valence-electron chi connectivity index (χ3n) is 4.73. The first-order valence-electron chi connectivity index (χ1n) is 9.28. The number of fused-ring (bicyclic) bond motifs is 1. The SMILES string of the molecule is CCN(CC(=O)Nc1cccc(OC)c1)C(=O)Cn1c(C)cc2ccccc21. The van der Waals surface area contributed by atoms with Crippen LogP contribution in [0.5, 0.6) is 5.75 Å². The number of methoxy groups -OCH3 is 1. The van der Waals surface area contributed by atoms with Crippen molar-refractivity contribution in [2.45, 2.75) is 20.4 Å². The second-order valence-corrected chi connectivity index (χ2v) is 6.62. The molecule has 1 N–H and O–H groups in total. The highest BCUT2D eigenvalue weighted by atomic mass is 16.5. The van der Waals surface area contributed by atoms with Crippen molar-refractivity contribution >= 4 is 28.4 Å². The van der Waals surface area contributed by atoms with Gasteiger partial charge >= 0.3 is 0 Å². The number of hydrogen-bond donors (Lipinski definition) is 1. The molecule has 6 nitrogen and oxygen atoms in total. The summed E-state index contributed by atoms with van der Waals surface area (Å²) in [6.07, 6.45) is 0. The molecule has 3 rings (SSSR count). The molecule has 0 aliphatic carbocycles. The van der Waals surface area contributed by atoms with Crippen molar-refractivity contribution in [3.8, 4) is 5.75 Å². The normalized spacial score (nSPS) is 10.7. The fourth-order valence-electron chi connectivity index (χ4n) is 3.24. The molecule has 3 aromatic rings. The zero-order valence-electron chi connectivity index (χ0n) is 16.4. The van der Waals surface area contributed by atoms with Gasteiger partial charge in [-0.25, -0.2) is 0 Å². The van der Waals surface area contributed by atoms with E-state index in [-0.39, 0.29) is 24.9 Å². The van der Waals surface area contributed by atoms with E-state index in [1.54, 1.807) is 36.3 Å². The van der Waals surface area contributed by atoms with Gasteiger partial charge in [-0.15, -0.1) is 0 Å². The summed E-state index contributed by atoms with van der Waals surface area (Å²) in [5, 5.41) is 3.92. The first-order valence-corrected chi connectivity index (χ1v) is 9.28. The van der Waals surface area contributed by atoms with Gasteiger partial charge in [0.2, 0.25) is 11.8 Å². The Balaban J connectivity index is 1.67. The van der Waals surface area contributed by atoms with E-state index in [0.717, 1.165) is 16.6 Å². The van der Waals surface area contributed by atoms with Gasteiger partial charge in [-0.05, 0) is 43.5 Å². The number of aryl methyl sites for hydroxylation is 1. The highest BCUT2D eigenvalue weighted by Gasteiger charge is 2.18. The van der Waals surface area contributed by atoms with E-state index >= 15 is 0 Å². The lowest BCUT2D eigenvalue weighted by Gasteiger charge is -2.21. The van der Waals surface area contributed by atoms with E-state index < -0.39 is 0 Å². The molecule has 2 aromatic carbocycles. The zero-order valence-corrected chi connectivity index (χ0v) is 16.4. The quantitative estimate of drug-likeness (QED) is 0.684. The number of hydrogen-bond acceptors (Lipinski definition) is 3. The van der Waals surface area contributed by atoms with E-state index in [2.05, 4.69) is 11.4 Å². The molecule has 0 saturated heterocycles. The van der Waals surface area contributed by atoms with Crippen LogP contribution in [-0.2, 0) is 16.1 Å². The number of nitrogens with zero attached hydrogens (tertiary/aromatic N) is 2. The zero-order chi connectivity index (χ0) is 20.1. The van der Waals surface area contributed by atoms with Gasteiger partial charge in [0.1, 0.15) is 12.3 Å². The van der Waals surface area contributed by atoms with E-state index in [9.17, 15) is 9.59 Å². The fourth-order valence-corrected chi connectivity index (χ4v) is 3.24. The topological polar surface area (TPSA) is 63.6 Å². The van der Waals surface area contributed by atoms with E-state index in [0.29, 0.717) is 18.0 Å². The van der Waals surface area contributed by atoms with Crippen molar-refractivity contribution in [1.29, 1.82) is 0 Å². The standard InChI is InChI=1S/C22H25N3O3/c1-4-24(14-21(26)23-18-9-7-10-19(13-18)28-3)22(27)15-25-16(2)12-17-8-5-6-11-20(17)25/h5-13H,4,14-15H2,1-3H3,(H,23,26). The molecular formula is C22H25N3O3. The number of rotatable bonds is 7. The lowest BCUT2D eigenvalue weighted by Crippen LogP contribution is -2.39. The van der Waals surface area contributed by atoms with Crippen molar-refractivity contribution in [3.05, 3.63) is 60.3 Å². The van der Waals surface area contributed by atoms with Crippen molar-refractivity contribution in [3.63, 3.8) is 0 Å². The molecular weight excluding hydrogens is 354 g/mol. The van der Waals surface area contributed by atoms with Crippen LogP contribution in [0, 0.1) is 6.92 Å². The third-order valence-corrected chi connectivity index (χ3v) is 4.73. The summed E-state index contributed by atoms with van der Waals surface area (Å²) in [6, 6.07) is 17.2. The molecule has 0 saturated carbocycles. The van der Waals surface area contributed by atoms with Crippen LogP contribution in [0.1, 0.15) is 12.6 Å². The van der Waals surface area contributed by atoms with Crippen LogP contribution in [0.15, 0.2) is 54.6 Å². The maximum absolute atomic E-state index is 12.8. The van der Waals surface area contributed by atoms with Crippen molar-refractivity contribution < 1.29 is 14.3 Å². The predicted molar refractivity (Wildman–Crippen MR) is 111 cm³/mol. The first kappa shape index (κ1) is 19.5. The van der Waals surface area contributed by atoms with E-state index in [1.165, 1.54) is 0 Å². The Hall–Kier alpha value is -3.28. The van der Waals surface area contributed by atoms with Crippen LogP contribution >= 0.6 is 0 Å². The number of anilines is 1. The minimum Gasteiger partial charge on any atom is -0.497 e. The summed E-state index contributed by atoms with van der Waals surface area (Å²) < 4.78 is 7.15. The molecule has 146 valence electrons. The average molecular weight is 379 g/mol. The minimum absolute atomic E-state index is 0.00475. The van der Waals surface area contributed by atoms with Gasteiger partial charge in [0.25, 0.3) is 0 Å². The Morgan fingerprint density at radius 2 is 1.89 bits per heavy atom. The molecule has 0 fully saturated rings. The summed E-state index contributed by atoms with van der Waals surface area (Å²) >= 11 is 0. The number of nitrogens with one attached hydrogen (secondary N) is 1. The van der Waals surface area contributed by atoms with E-state index in [1.807, 2.05) is 42.7 Å². The first-order chi connectivity index (χ1) is 13.5. The number of amides is 2. The Bertz CT molecular complexity index is 994. The van der Waals surface area contributed by atoms with Gasteiger partial charge < -0.3 is 19.5 Å². The minimum atomic E-state index is -0.238. The third kappa shape index (κ3) is 4.34. The summed E-state index contributed by atoms with van der Waals surface area (Å²) in [5.41, 5.74) is 2.68. The van der Waals surface area contributed by atoms with Gasteiger partial charge in [-0.2, -0.15) is 0 Å². The molecule has 0 unspecified atom stereocenters. The lowest BCUT2D eigenvalue weighted by molar-refractivity contribution is -0.135. The smallest absolute Gasteiger partial charge is 0.243 e. The van der Waals surface area contributed by atoms with Crippen LogP contribution in [0.4, 0.5) is 5.69 Å². The maximum Gasteiger partial charge on any atom is 0.243 e. The van der Waals surface area contributed by atoms with Crippen LogP contribution < -0.4 is 10.1 Å². The number of aromatic nitrogens is 1. The molecule has 1 heterocycles. The molecule has 1 aromatic heterocycles.